The molecule has 2 amide bonds. The van der Waals surface area contributed by atoms with Gasteiger partial charge in [-0.05, 0) is 61.2 Å². The number of hydrogen-bond donors (Lipinski definition) is 2. The van der Waals surface area contributed by atoms with Crippen LogP contribution in [0.4, 0.5) is 5.69 Å². The summed E-state index contributed by atoms with van der Waals surface area (Å²) in [5, 5.41) is 5.63. The van der Waals surface area contributed by atoms with Gasteiger partial charge in [0, 0.05) is 12.2 Å². The van der Waals surface area contributed by atoms with E-state index in [9.17, 15) is 14.4 Å². The van der Waals surface area contributed by atoms with Crippen LogP contribution < -0.4 is 15.4 Å². The molecule has 1 aliphatic carbocycles. The molecule has 1 aliphatic rings. The van der Waals surface area contributed by atoms with Crippen LogP contribution in [0.2, 0.25) is 0 Å². The van der Waals surface area contributed by atoms with E-state index in [1.54, 1.807) is 31.4 Å². The first-order valence-electron chi connectivity index (χ1n) is 9.39. The minimum Gasteiger partial charge on any atom is -0.497 e. The van der Waals surface area contributed by atoms with E-state index in [0.717, 1.165) is 11.3 Å². The summed E-state index contributed by atoms with van der Waals surface area (Å²) in [5.74, 6) is -0.270. The Hall–Kier alpha value is -3.35. The quantitative estimate of drug-likeness (QED) is 0.528. The molecule has 7 nitrogen and oxygen atoms in total. The fraction of sp³-hybridized carbons (Fsp3) is 0.318. The average molecular weight is 396 g/mol. The zero-order chi connectivity index (χ0) is 20.9. The van der Waals surface area contributed by atoms with Crippen LogP contribution in [0.1, 0.15) is 28.8 Å². The smallest absolute Gasteiger partial charge is 0.337 e. The summed E-state index contributed by atoms with van der Waals surface area (Å²) in [4.78, 5) is 36.7. The number of anilines is 1. The molecule has 0 spiro atoms. The Labute approximate surface area is 169 Å². The molecule has 2 aromatic carbocycles. The highest BCUT2D eigenvalue weighted by Crippen LogP contribution is 2.46. The molecule has 1 fully saturated rings. The second-order valence-corrected chi connectivity index (χ2v) is 6.96. The third-order valence-electron chi connectivity index (χ3n) is 5.02. The average Bonchev–Trinajstić information content (AvgIpc) is 3.56. The van der Waals surface area contributed by atoms with Crippen LogP contribution >= 0.6 is 0 Å². The number of amides is 2. The van der Waals surface area contributed by atoms with Gasteiger partial charge in [-0.2, -0.15) is 0 Å². The fourth-order valence-electron chi connectivity index (χ4n) is 3.06. The molecule has 0 aliphatic heterocycles. The molecule has 7 heteroatoms. The topological polar surface area (TPSA) is 93.7 Å². The van der Waals surface area contributed by atoms with Crippen molar-refractivity contribution in [1.82, 2.24) is 5.32 Å². The predicted molar refractivity (Wildman–Crippen MR) is 108 cm³/mol. The van der Waals surface area contributed by atoms with Crippen LogP contribution in [0.25, 0.3) is 0 Å². The highest BCUT2D eigenvalue weighted by Gasteiger charge is 2.56. The van der Waals surface area contributed by atoms with Crippen molar-refractivity contribution < 1.29 is 23.9 Å². The number of benzene rings is 2. The first-order valence-corrected chi connectivity index (χ1v) is 9.39. The predicted octanol–water partition coefficient (Wildman–Crippen LogP) is 2.56. The summed E-state index contributed by atoms with van der Waals surface area (Å²) in [7, 11) is 2.92. The van der Waals surface area contributed by atoms with Crippen LogP contribution in [0.15, 0.2) is 48.5 Å². The highest BCUT2D eigenvalue weighted by molar-refractivity contribution is 6.13. The second-order valence-electron chi connectivity index (χ2n) is 6.96. The van der Waals surface area contributed by atoms with E-state index in [4.69, 9.17) is 4.74 Å². The Kier molecular flexibility index (Phi) is 6.16. The zero-order valence-electron chi connectivity index (χ0n) is 16.5. The molecule has 3 rings (SSSR count). The van der Waals surface area contributed by atoms with E-state index < -0.39 is 11.4 Å². The summed E-state index contributed by atoms with van der Waals surface area (Å²) < 4.78 is 9.84. The first-order chi connectivity index (χ1) is 14.0. The maximum absolute atomic E-state index is 12.6. The van der Waals surface area contributed by atoms with E-state index in [0.29, 0.717) is 37.1 Å². The minimum absolute atomic E-state index is 0.260. The molecule has 0 heterocycles. The van der Waals surface area contributed by atoms with Crippen LogP contribution in [-0.4, -0.2) is 38.5 Å². The molecular weight excluding hydrogens is 372 g/mol. The van der Waals surface area contributed by atoms with Crippen LogP contribution in [0, 0.1) is 5.41 Å². The molecule has 0 saturated heterocycles. The van der Waals surface area contributed by atoms with E-state index in [-0.39, 0.29) is 11.8 Å². The highest BCUT2D eigenvalue weighted by atomic mass is 16.5. The zero-order valence-corrected chi connectivity index (χ0v) is 16.5. The van der Waals surface area contributed by atoms with Crippen molar-refractivity contribution in [1.29, 1.82) is 0 Å². The Morgan fingerprint density at radius 2 is 1.72 bits per heavy atom. The molecular formula is C22H24N2O5. The number of methoxy groups -OCH3 is 2. The minimum atomic E-state index is -1.02. The van der Waals surface area contributed by atoms with Crippen molar-refractivity contribution >= 4 is 23.5 Å². The maximum Gasteiger partial charge on any atom is 0.337 e. The Morgan fingerprint density at radius 3 is 2.34 bits per heavy atom. The Bertz CT molecular complexity index is 904. The lowest BCUT2D eigenvalue weighted by molar-refractivity contribution is -0.134. The SMILES string of the molecule is COC(=O)c1ccc(NC(=O)C2(C(=O)NCCc3cccc(OC)c3)CC2)cc1. The van der Waals surface area contributed by atoms with E-state index in [1.807, 2.05) is 24.3 Å². The maximum atomic E-state index is 12.6. The molecule has 29 heavy (non-hydrogen) atoms. The number of rotatable bonds is 8. The van der Waals surface area contributed by atoms with Crippen molar-refractivity contribution in [2.75, 3.05) is 26.1 Å². The number of hydrogen-bond acceptors (Lipinski definition) is 5. The number of esters is 1. The summed E-state index contributed by atoms with van der Waals surface area (Å²) in [6, 6.07) is 14.0. The van der Waals surface area contributed by atoms with Gasteiger partial charge in [0.25, 0.3) is 0 Å². The van der Waals surface area contributed by atoms with Gasteiger partial charge in [-0.15, -0.1) is 0 Å². The Morgan fingerprint density at radius 1 is 1.00 bits per heavy atom. The van der Waals surface area contributed by atoms with Crippen molar-refractivity contribution in [3.8, 4) is 5.75 Å². The molecule has 2 aromatic rings. The fourth-order valence-corrected chi connectivity index (χ4v) is 3.06. The van der Waals surface area contributed by atoms with Gasteiger partial charge < -0.3 is 20.1 Å². The monoisotopic (exact) mass is 396 g/mol. The third-order valence-corrected chi connectivity index (χ3v) is 5.02. The summed E-state index contributed by atoms with van der Waals surface area (Å²) in [6.45, 7) is 0.439. The van der Waals surface area contributed by atoms with Crippen molar-refractivity contribution in [2.24, 2.45) is 5.41 Å². The van der Waals surface area contributed by atoms with E-state index >= 15 is 0 Å². The van der Waals surface area contributed by atoms with Crippen LogP contribution in [-0.2, 0) is 20.7 Å². The lowest BCUT2D eigenvalue weighted by atomic mass is 10.0. The molecule has 2 N–H and O–H groups in total. The summed E-state index contributed by atoms with van der Waals surface area (Å²) in [5.41, 5.74) is 0.944. The molecule has 1 saturated carbocycles. The van der Waals surface area contributed by atoms with Gasteiger partial charge in [0.05, 0.1) is 19.8 Å². The van der Waals surface area contributed by atoms with Crippen molar-refractivity contribution in [3.05, 3.63) is 59.7 Å². The van der Waals surface area contributed by atoms with Gasteiger partial charge in [-0.3, -0.25) is 9.59 Å². The van der Waals surface area contributed by atoms with Gasteiger partial charge >= 0.3 is 5.97 Å². The first kappa shape index (κ1) is 20.4. The standard InChI is InChI=1S/C22H24N2O5/c1-28-18-5-3-4-15(14-18)10-13-23-20(26)22(11-12-22)21(27)24-17-8-6-16(7-9-17)19(25)29-2/h3-9,14H,10-13H2,1-2H3,(H,23,26)(H,24,27). The number of ether oxygens (including phenoxy) is 2. The molecule has 0 aromatic heterocycles. The van der Waals surface area contributed by atoms with Crippen LogP contribution in [0.5, 0.6) is 5.75 Å². The van der Waals surface area contributed by atoms with Crippen molar-refractivity contribution in [2.45, 2.75) is 19.3 Å². The normalized spacial score (nSPS) is 13.9. The largest absolute Gasteiger partial charge is 0.497 e. The summed E-state index contributed by atoms with van der Waals surface area (Å²) in [6.07, 6.45) is 1.68. The number of nitrogens with one attached hydrogen (secondary N) is 2. The van der Waals surface area contributed by atoms with E-state index in [2.05, 4.69) is 15.4 Å². The second kappa shape index (κ2) is 8.77. The summed E-state index contributed by atoms with van der Waals surface area (Å²) >= 11 is 0. The molecule has 0 atom stereocenters. The molecule has 152 valence electrons. The number of carbonyl (C=O) groups excluding carboxylic acids is 3. The van der Waals surface area contributed by atoms with Crippen molar-refractivity contribution in [3.63, 3.8) is 0 Å². The number of carbonyl (C=O) groups is 3. The van der Waals surface area contributed by atoms with Gasteiger partial charge in [-0.25, -0.2) is 4.79 Å². The van der Waals surface area contributed by atoms with Gasteiger partial charge in [0.1, 0.15) is 11.2 Å². The third kappa shape index (κ3) is 4.74. The van der Waals surface area contributed by atoms with Gasteiger partial charge in [-0.1, -0.05) is 12.1 Å². The van der Waals surface area contributed by atoms with E-state index in [1.165, 1.54) is 7.11 Å². The Balaban J connectivity index is 1.53. The van der Waals surface area contributed by atoms with Gasteiger partial charge in [0.15, 0.2) is 0 Å². The lowest BCUT2D eigenvalue weighted by Crippen LogP contribution is -2.40. The molecule has 0 unspecified atom stereocenters. The molecule has 0 radical (unpaired) electrons. The molecule has 0 bridgehead atoms. The lowest BCUT2D eigenvalue weighted by Gasteiger charge is -2.16. The van der Waals surface area contributed by atoms with Gasteiger partial charge in [0.2, 0.25) is 11.8 Å². The van der Waals surface area contributed by atoms with Crippen LogP contribution in [0.3, 0.4) is 0 Å².